The van der Waals surface area contributed by atoms with Gasteiger partial charge in [-0.05, 0) is 57.4 Å². The van der Waals surface area contributed by atoms with Gasteiger partial charge in [0.2, 0.25) is 5.91 Å². The van der Waals surface area contributed by atoms with Gasteiger partial charge in [-0.25, -0.2) is 0 Å². The third-order valence-electron chi connectivity index (χ3n) is 12.9. The molecule has 0 saturated heterocycles. The van der Waals surface area contributed by atoms with Gasteiger partial charge >= 0.3 is 5.97 Å². The van der Waals surface area contributed by atoms with Crippen LogP contribution in [0.15, 0.2) is 24.3 Å². The summed E-state index contributed by atoms with van der Waals surface area (Å²) in [6, 6.07) is -0.882. The van der Waals surface area contributed by atoms with Crippen LogP contribution in [0.5, 0.6) is 0 Å². The lowest BCUT2D eigenvalue weighted by atomic mass is 10.0. The minimum atomic E-state index is -4.69. The lowest BCUT2D eigenvalue weighted by Crippen LogP contribution is -2.47. The number of unbranched alkanes of at least 4 members (excludes halogenated alkanes) is 34. The first-order chi connectivity index (χ1) is 32.4. The quantitative estimate of drug-likeness (QED) is 0.0212. The number of hydrogen-bond donors (Lipinski definition) is 1. The summed E-state index contributed by atoms with van der Waals surface area (Å²) in [4.78, 5) is 39.8. The molecule has 0 aliphatic carbocycles. The van der Waals surface area contributed by atoms with E-state index in [0.29, 0.717) is 17.4 Å². The summed E-state index contributed by atoms with van der Waals surface area (Å²) in [7, 11) is 1.19. The highest BCUT2D eigenvalue weighted by atomic mass is 31.2. The van der Waals surface area contributed by atoms with E-state index in [9.17, 15) is 19.0 Å². The van der Waals surface area contributed by atoms with Crippen LogP contribution >= 0.6 is 7.82 Å². The number of hydrogen-bond acceptors (Lipinski definition) is 7. The number of carbonyl (C=O) groups is 2. The molecule has 3 unspecified atom stereocenters. The number of phosphoric ester groups is 1. The molecule has 396 valence electrons. The number of esters is 1. The van der Waals surface area contributed by atoms with Crippen LogP contribution in [0.4, 0.5) is 0 Å². The predicted octanol–water partition coefficient (Wildman–Crippen LogP) is 16.4. The van der Waals surface area contributed by atoms with E-state index >= 15 is 0 Å². The highest BCUT2D eigenvalue weighted by Crippen LogP contribution is 2.38. The van der Waals surface area contributed by atoms with E-state index in [1.165, 1.54) is 173 Å². The maximum absolute atomic E-state index is 13.5. The molecule has 67 heavy (non-hydrogen) atoms. The summed E-state index contributed by atoms with van der Waals surface area (Å²) >= 11 is 0. The number of nitrogens with zero attached hydrogens (tertiary/aromatic N) is 1. The SMILES string of the molecule is CCCCCC/C=C\CCCCCCCCCC(=O)OC(/C=C/CCCCCCCCCCCC)C(COP(=O)([O-])OCC[N+](C)(C)C)NC(=O)CCCCCCCCCCCCCCCC. The zero-order chi connectivity index (χ0) is 49.4. The molecule has 0 heterocycles. The largest absolute Gasteiger partial charge is 0.756 e. The van der Waals surface area contributed by atoms with Crippen molar-refractivity contribution in [3.8, 4) is 0 Å². The van der Waals surface area contributed by atoms with E-state index in [0.717, 1.165) is 70.6 Å². The Balaban J connectivity index is 5.34. The molecule has 0 aromatic carbocycles. The number of allylic oxidation sites excluding steroid dienone is 3. The Morgan fingerprint density at radius 3 is 1.28 bits per heavy atom. The summed E-state index contributed by atoms with van der Waals surface area (Å²) in [5, 5.41) is 3.02. The van der Waals surface area contributed by atoms with Crippen molar-refractivity contribution in [2.24, 2.45) is 0 Å². The third kappa shape index (κ3) is 49.3. The van der Waals surface area contributed by atoms with Crippen molar-refractivity contribution < 1.29 is 37.3 Å². The molecule has 10 heteroatoms. The van der Waals surface area contributed by atoms with E-state index in [1.54, 1.807) is 0 Å². The standard InChI is InChI=1S/C57H111N2O7P/c1-7-10-13-16-19-22-25-28-30-32-35-38-41-44-47-50-57(61)66-55(48-45-42-39-36-33-27-24-21-18-15-12-9-3)54(53-65-67(62,63)64-52-51-59(4,5)6)58-56(60)49-46-43-40-37-34-31-29-26-23-20-17-14-11-8-2/h22,25,45,48,54-55H,7-21,23-24,26-44,46-47,49-53H2,1-6H3,(H-,58,60,62,63)/b25-22-,48-45+. The molecular formula is C57H111N2O7P. The first-order valence-corrected chi connectivity index (χ1v) is 30.1. The topological polar surface area (TPSA) is 114 Å². The Labute approximate surface area is 415 Å². The first-order valence-electron chi connectivity index (χ1n) is 28.6. The van der Waals surface area contributed by atoms with Crippen LogP contribution in [0.2, 0.25) is 0 Å². The number of carbonyl (C=O) groups excluding carboxylic acids is 2. The molecule has 0 bridgehead atoms. The molecule has 0 radical (unpaired) electrons. The van der Waals surface area contributed by atoms with Crippen molar-refractivity contribution in [1.29, 1.82) is 0 Å². The summed E-state index contributed by atoms with van der Waals surface area (Å²) in [6.07, 6.45) is 54.1. The number of likely N-dealkylation sites (N-methyl/N-ethyl adjacent to an activating group) is 1. The van der Waals surface area contributed by atoms with Crippen molar-refractivity contribution >= 4 is 19.7 Å². The molecule has 0 saturated carbocycles. The molecule has 0 aromatic rings. The van der Waals surface area contributed by atoms with Gasteiger partial charge in [0.15, 0.2) is 0 Å². The third-order valence-corrected chi connectivity index (χ3v) is 13.8. The van der Waals surface area contributed by atoms with Gasteiger partial charge in [0.25, 0.3) is 7.82 Å². The molecule has 0 aliphatic rings. The van der Waals surface area contributed by atoms with Crippen LogP contribution in [0.3, 0.4) is 0 Å². The van der Waals surface area contributed by atoms with Gasteiger partial charge in [-0.3, -0.25) is 14.2 Å². The summed E-state index contributed by atoms with van der Waals surface area (Å²) in [5.41, 5.74) is 0. The molecule has 0 aliphatic heterocycles. The Kier molecular flexibility index (Phi) is 47.0. The fourth-order valence-electron chi connectivity index (χ4n) is 8.40. The van der Waals surface area contributed by atoms with Crippen molar-refractivity contribution in [2.45, 2.75) is 290 Å². The molecule has 0 aromatic heterocycles. The van der Waals surface area contributed by atoms with Gasteiger partial charge in [0.1, 0.15) is 19.3 Å². The van der Waals surface area contributed by atoms with E-state index in [4.69, 9.17) is 13.8 Å². The lowest BCUT2D eigenvalue weighted by molar-refractivity contribution is -0.870. The number of phosphoric acid groups is 1. The van der Waals surface area contributed by atoms with Crippen molar-refractivity contribution in [1.82, 2.24) is 5.32 Å². The van der Waals surface area contributed by atoms with Crippen LogP contribution < -0.4 is 10.2 Å². The fourth-order valence-corrected chi connectivity index (χ4v) is 9.12. The van der Waals surface area contributed by atoms with Crippen LogP contribution in [0.25, 0.3) is 0 Å². The van der Waals surface area contributed by atoms with Gasteiger partial charge in [-0.15, -0.1) is 0 Å². The van der Waals surface area contributed by atoms with Crippen molar-refractivity contribution in [3.05, 3.63) is 24.3 Å². The minimum absolute atomic E-state index is 0.0196. The van der Waals surface area contributed by atoms with Gasteiger partial charge in [0.05, 0.1) is 33.8 Å². The molecule has 0 fully saturated rings. The highest BCUT2D eigenvalue weighted by Gasteiger charge is 2.27. The van der Waals surface area contributed by atoms with Gasteiger partial charge < -0.3 is 28.5 Å². The number of nitrogens with one attached hydrogen (secondary N) is 1. The fraction of sp³-hybridized carbons (Fsp3) is 0.895. The molecule has 0 spiro atoms. The summed E-state index contributed by atoms with van der Waals surface area (Å²) in [6.45, 7) is 6.85. The summed E-state index contributed by atoms with van der Waals surface area (Å²) in [5.74, 6) is -0.535. The first kappa shape index (κ1) is 65.5. The second-order valence-corrected chi connectivity index (χ2v) is 22.2. The Bertz CT molecular complexity index is 1210. The molecule has 0 rings (SSSR count). The zero-order valence-electron chi connectivity index (χ0n) is 45.1. The lowest BCUT2D eigenvalue weighted by Gasteiger charge is -2.30. The predicted molar refractivity (Wildman–Crippen MR) is 284 cm³/mol. The Morgan fingerprint density at radius 1 is 0.507 bits per heavy atom. The second-order valence-electron chi connectivity index (χ2n) is 20.8. The minimum Gasteiger partial charge on any atom is -0.756 e. The van der Waals surface area contributed by atoms with Gasteiger partial charge in [-0.2, -0.15) is 0 Å². The Hall–Kier alpha value is -1.51. The smallest absolute Gasteiger partial charge is 0.306 e. The number of quaternary nitrogens is 1. The van der Waals surface area contributed by atoms with E-state index in [2.05, 4.69) is 38.2 Å². The maximum Gasteiger partial charge on any atom is 0.306 e. The number of rotatable bonds is 52. The van der Waals surface area contributed by atoms with E-state index in [-0.39, 0.29) is 31.5 Å². The molecular weight excluding hydrogens is 856 g/mol. The van der Waals surface area contributed by atoms with Crippen LogP contribution in [0.1, 0.15) is 278 Å². The normalized spacial score (nSPS) is 14.0. The second kappa shape index (κ2) is 48.1. The van der Waals surface area contributed by atoms with Crippen molar-refractivity contribution in [2.75, 3.05) is 40.9 Å². The molecule has 1 amide bonds. The molecule has 1 N–H and O–H groups in total. The van der Waals surface area contributed by atoms with E-state index < -0.39 is 20.0 Å². The van der Waals surface area contributed by atoms with Crippen LogP contribution in [0, 0.1) is 0 Å². The average Bonchev–Trinajstić information content (AvgIpc) is 3.28. The Morgan fingerprint density at radius 2 is 0.866 bits per heavy atom. The van der Waals surface area contributed by atoms with Gasteiger partial charge in [-0.1, -0.05) is 232 Å². The van der Waals surface area contributed by atoms with Crippen LogP contribution in [-0.4, -0.2) is 69.4 Å². The molecule has 3 atom stereocenters. The average molecular weight is 967 g/mol. The monoisotopic (exact) mass is 967 g/mol. The highest BCUT2D eigenvalue weighted by molar-refractivity contribution is 7.45. The maximum atomic E-state index is 13.5. The zero-order valence-corrected chi connectivity index (χ0v) is 46.0. The van der Waals surface area contributed by atoms with E-state index in [1.807, 2.05) is 33.3 Å². The summed E-state index contributed by atoms with van der Waals surface area (Å²) < 4.78 is 30.2. The van der Waals surface area contributed by atoms with Crippen LogP contribution in [-0.2, 0) is 27.9 Å². The van der Waals surface area contributed by atoms with Crippen molar-refractivity contribution in [3.63, 3.8) is 0 Å². The number of amides is 1. The molecule has 9 nitrogen and oxygen atoms in total. The number of ether oxygens (including phenoxy) is 1. The van der Waals surface area contributed by atoms with Gasteiger partial charge in [0, 0.05) is 12.8 Å².